The fourth-order valence-corrected chi connectivity index (χ4v) is 2.67. The molecule has 0 bridgehead atoms. The van der Waals surface area contributed by atoms with Crippen LogP contribution in [-0.2, 0) is 0 Å². The van der Waals surface area contributed by atoms with Crippen LogP contribution in [0, 0.1) is 11.3 Å². The predicted molar refractivity (Wildman–Crippen MR) is 82.9 cm³/mol. The molecule has 0 aromatic heterocycles. The Labute approximate surface area is 115 Å². The quantitative estimate of drug-likeness (QED) is 0.678. The van der Waals surface area contributed by atoms with E-state index in [9.17, 15) is 0 Å². The minimum Gasteiger partial charge on any atom is -0.330 e. The van der Waals surface area contributed by atoms with Crippen molar-refractivity contribution in [3.8, 4) is 0 Å². The van der Waals surface area contributed by atoms with Crippen molar-refractivity contribution < 1.29 is 0 Å². The van der Waals surface area contributed by atoms with Crippen LogP contribution in [0.2, 0.25) is 0 Å². The first-order valence-corrected chi connectivity index (χ1v) is 7.77. The highest BCUT2D eigenvalue weighted by molar-refractivity contribution is 4.75. The lowest BCUT2D eigenvalue weighted by Crippen LogP contribution is -2.33. The second kappa shape index (κ2) is 8.92. The third-order valence-corrected chi connectivity index (χ3v) is 3.98. The zero-order valence-corrected chi connectivity index (χ0v) is 13.6. The Hall–Kier alpha value is -0.0800. The Morgan fingerprint density at radius 2 is 1.67 bits per heavy atom. The Morgan fingerprint density at radius 3 is 2.06 bits per heavy atom. The van der Waals surface area contributed by atoms with E-state index in [1.807, 2.05) is 0 Å². The molecule has 1 unspecified atom stereocenters. The summed E-state index contributed by atoms with van der Waals surface area (Å²) in [6.45, 7) is 17.2. The summed E-state index contributed by atoms with van der Waals surface area (Å²) in [5.41, 5.74) is 6.14. The molecule has 0 amide bonds. The first kappa shape index (κ1) is 17.9. The van der Waals surface area contributed by atoms with E-state index in [0.29, 0.717) is 11.5 Å². The molecule has 2 heteroatoms. The van der Waals surface area contributed by atoms with Gasteiger partial charge in [0.05, 0.1) is 0 Å². The number of nitrogens with two attached hydrogens (primary N) is 1. The Kier molecular flexibility index (Phi) is 8.89. The minimum atomic E-state index is 0.396. The van der Waals surface area contributed by atoms with Gasteiger partial charge in [0.25, 0.3) is 0 Å². The third-order valence-electron chi connectivity index (χ3n) is 3.98. The van der Waals surface area contributed by atoms with E-state index in [1.54, 1.807) is 0 Å². The fourth-order valence-electron chi connectivity index (χ4n) is 2.67. The second-order valence-electron chi connectivity index (χ2n) is 6.91. The van der Waals surface area contributed by atoms with E-state index in [2.05, 4.69) is 46.4 Å². The Bertz CT molecular complexity index is 194. The van der Waals surface area contributed by atoms with Crippen molar-refractivity contribution in [3.63, 3.8) is 0 Å². The minimum absolute atomic E-state index is 0.396. The molecule has 0 saturated carbocycles. The van der Waals surface area contributed by atoms with E-state index in [-0.39, 0.29) is 0 Å². The molecule has 0 radical (unpaired) electrons. The summed E-state index contributed by atoms with van der Waals surface area (Å²) in [5.74, 6) is 0.762. The van der Waals surface area contributed by atoms with Gasteiger partial charge in [-0.05, 0) is 70.5 Å². The van der Waals surface area contributed by atoms with Gasteiger partial charge in [0.1, 0.15) is 0 Å². The van der Waals surface area contributed by atoms with Gasteiger partial charge in [0, 0.05) is 6.04 Å². The zero-order chi connectivity index (χ0) is 14.2. The van der Waals surface area contributed by atoms with Gasteiger partial charge in [0.15, 0.2) is 0 Å². The maximum atomic E-state index is 5.74. The van der Waals surface area contributed by atoms with Crippen LogP contribution in [0.4, 0.5) is 0 Å². The highest BCUT2D eigenvalue weighted by Gasteiger charge is 2.23. The SMILES string of the molecule is CCCN(CCCC(CCN)C(C)(C)C)C(C)C. The Balaban J connectivity index is 4.11. The maximum absolute atomic E-state index is 5.74. The summed E-state index contributed by atoms with van der Waals surface area (Å²) >= 11 is 0. The molecule has 1 atom stereocenters. The van der Waals surface area contributed by atoms with Crippen LogP contribution in [0.25, 0.3) is 0 Å². The first-order valence-electron chi connectivity index (χ1n) is 7.77. The molecule has 2 N–H and O–H groups in total. The highest BCUT2D eigenvalue weighted by atomic mass is 15.1. The van der Waals surface area contributed by atoms with Gasteiger partial charge in [-0.2, -0.15) is 0 Å². The molecule has 0 heterocycles. The van der Waals surface area contributed by atoms with Crippen molar-refractivity contribution in [2.24, 2.45) is 17.1 Å². The molecular weight excluding hydrogens is 220 g/mol. The molecule has 0 aromatic carbocycles. The smallest absolute Gasteiger partial charge is 0.00385 e. The average Bonchev–Trinajstić information content (AvgIpc) is 2.25. The van der Waals surface area contributed by atoms with Crippen LogP contribution in [0.15, 0.2) is 0 Å². The van der Waals surface area contributed by atoms with Crippen molar-refractivity contribution in [2.45, 2.75) is 73.3 Å². The van der Waals surface area contributed by atoms with Crippen LogP contribution in [0.1, 0.15) is 67.2 Å². The average molecular weight is 256 g/mol. The summed E-state index contributed by atoms with van der Waals surface area (Å²) in [6, 6.07) is 0.674. The lowest BCUT2D eigenvalue weighted by atomic mass is 9.76. The number of hydrogen-bond acceptors (Lipinski definition) is 2. The molecule has 0 aliphatic heterocycles. The van der Waals surface area contributed by atoms with Gasteiger partial charge >= 0.3 is 0 Å². The van der Waals surface area contributed by atoms with Crippen molar-refractivity contribution in [1.82, 2.24) is 4.90 Å². The van der Waals surface area contributed by atoms with Gasteiger partial charge in [0.2, 0.25) is 0 Å². The molecule has 0 spiro atoms. The van der Waals surface area contributed by atoms with Crippen molar-refractivity contribution in [3.05, 3.63) is 0 Å². The lowest BCUT2D eigenvalue weighted by molar-refractivity contribution is 0.178. The van der Waals surface area contributed by atoms with Crippen LogP contribution in [0.5, 0.6) is 0 Å². The predicted octanol–water partition coefficient (Wildman–Crippen LogP) is 3.90. The van der Waals surface area contributed by atoms with Crippen molar-refractivity contribution in [2.75, 3.05) is 19.6 Å². The largest absolute Gasteiger partial charge is 0.330 e. The van der Waals surface area contributed by atoms with Crippen LogP contribution >= 0.6 is 0 Å². The monoisotopic (exact) mass is 256 g/mol. The van der Waals surface area contributed by atoms with Crippen LogP contribution in [0.3, 0.4) is 0 Å². The molecule has 0 aliphatic rings. The van der Waals surface area contributed by atoms with E-state index in [1.165, 1.54) is 38.8 Å². The maximum Gasteiger partial charge on any atom is 0.00385 e. The van der Waals surface area contributed by atoms with E-state index in [4.69, 9.17) is 5.73 Å². The summed E-state index contributed by atoms with van der Waals surface area (Å²) in [6.07, 6.45) is 5.04. The summed E-state index contributed by atoms with van der Waals surface area (Å²) in [7, 11) is 0. The molecular formula is C16H36N2. The van der Waals surface area contributed by atoms with Gasteiger partial charge in [-0.25, -0.2) is 0 Å². The molecule has 110 valence electrons. The molecule has 0 aromatic rings. The normalized spacial score (nSPS) is 14.5. The van der Waals surface area contributed by atoms with E-state index < -0.39 is 0 Å². The van der Waals surface area contributed by atoms with Gasteiger partial charge in [-0.1, -0.05) is 27.7 Å². The molecule has 0 saturated heterocycles. The van der Waals surface area contributed by atoms with E-state index >= 15 is 0 Å². The van der Waals surface area contributed by atoms with E-state index in [0.717, 1.165) is 12.5 Å². The number of rotatable bonds is 9. The molecule has 0 aliphatic carbocycles. The zero-order valence-electron chi connectivity index (χ0n) is 13.6. The second-order valence-corrected chi connectivity index (χ2v) is 6.91. The molecule has 2 nitrogen and oxygen atoms in total. The lowest BCUT2D eigenvalue weighted by Gasteiger charge is -2.32. The topological polar surface area (TPSA) is 29.3 Å². The van der Waals surface area contributed by atoms with Crippen molar-refractivity contribution in [1.29, 1.82) is 0 Å². The number of hydrogen-bond donors (Lipinski definition) is 1. The number of nitrogens with zero attached hydrogens (tertiary/aromatic N) is 1. The molecule has 0 fully saturated rings. The van der Waals surface area contributed by atoms with Gasteiger partial charge in [-0.15, -0.1) is 0 Å². The Morgan fingerprint density at radius 1 is 1.06 bits per heavy atom. The molecule has 0 rings (SSSR count). The van der Waals surface area contributed by atoms with Crippen LogP contribution < -0.4 is 5.73 Å². The summed E-state index contributed by atoms with van der Waals surface area (Å²) in [5, 5.41) is 0. The van der Waals surface area contributed by atoms with Crippen LogP contribution in [-0.4, -0.2) is 30.6 Å². The standard InChI is InChI=1S/C16H36N2/c1-7-12-18(14(2)3)13-8-9-15(10-11-17)16(4,5)6/h14-15H,7-13,17H2,1-6H3. The van der Waals surface area contributed by atoms with Gasteiger partial charge in [-0.3, -0.25) is 0 Å². The third kappa shape index (κ3) is 7.38. The fraction of sp³-hybridized carbons (Fsp3) is 1.00. The van der Waals surface area contributed by atoms with Gasteiger partial charge < -0.3 is 10.6 Å². The first-order chi connectivity index (χ1) is 8.32. The summed E-state index contributed by atoms with van der Waals surface area (Å²) in [4.78, 5) is 2.60. The summed E-state index contributed by atoms with van der Waals surface area (Å²) < 4.78 is 0. The highest BCUT2D eigenvalue weighted by Crippen LogP contribution is 2.32. The van der Waals surface area contributed by atoms with Crippen molar-refractivity contribution >= 4 is 0 Å². The molecule has 18 heavy (non-hydrogen) atoms.